The molecule has 0 spiro atoms. The van der Waals surface area contributed by atoms with E-state index in [-0.39, 0.29) is 12.3 Å². The van der Waals surface area contributed by atoms with Crippen molar-refractivity contribution in [3.05, 3.63) is 108 Å². The van der Waals surface area contributed by atoms with E-state index in [1.807, 2.05) is 72.8 Å². The highest BCUT2D eigenvalue weighted by Gasteiger charge is 2.29. The molecular formula is C31H34N3O4. The highest BCUT2D eigenvalue weighted by Crippen LogP contribution is 2.21. The quantitative estimate of drug-likeness (QED) is 0.410. The van der Waals surface area contributed by atoms with Crippen LogP contribution in [0.2, 0.25) is 0 Å². The van der Waals surface area contributed by atoms with Crippen LogP contribution < -0.4 is 15.8 Å². The van der Waals surface area contributed by atoms with Gasteiger partial charge in [-0.25, -0.2) is 0 Å². The zero-order valence-electron chi connectivity index (χ0n) is 21.6. The average molecular weight is 513 g/mol. The summed E-state index contributed by atoms with van der Waals surface area (Å²) >= 11 is 0. The van der Waals surface area contributed by atoms with Crippen molar-refractivity contribution in [2.24, 2.45) is 11.7 Å². The lowest BCUT2D eigenvalue weighted by molar-refractivity contribution is -0.136. The van der Waals surface area contributed by atoms with E-state index >= 15 is 0 Å². The standard InChI is InChI=1S/C31H34N3O4/c1-22(30(32)36)11-16-29(35)33-28(31(37)34-18-17-25-9-5-6-10-26(25)20-34)19-23-12-14-27(15-13-23)38-21-24-7-3-2-4-8-24/h2-10,12-16,22,28H,11,17-21H2,1H3,(H2,32,36)(H,33,35). The maximum atomic E-state index is 13.6. The van der Waals surface area contributed by atoms with Crippen molar-refractivity contribution < 1.29 is 19.1 Å². The molecule has 7 heteroatoms. The first-order valence-electron chi connectivity index (χ1n) is 12.9. The number of amides is 3. The third-order valence-electron chi connectivity index (χ3n) is 6.81. The Kier molecular flexibility index (Phi) is 9.14. The van der Waals surface area contributed by atoms with E-state index < -0.39 is 23.8 Å². The van der Waals surface area contributed by atoms with Gasteiger partial charge in [-0.05, 0) is 47.2 Å². The number of nitrogens with zero attached hydrogens (tertiary/aromatic N) is 1. The first kappa shape index (κ1) is 26.9. The fourth-order valence-corrected chi connectivity index (χ4v) is 4.43. The second kappa shape index (κ2) is 12.9. The molecule has 2 unspecified atom stereocenters. The highest BCUT2D eigenvalue weighted by atomic mass is 16.5. The van der Waals surface area contributed by atoms with Gasteiger partial charge < -0.3 is 20.7 Å². The molecule has 1 radical (unpaired) electrons. The van der Waals surface area contributed by atoms with Gasteiger partial charge in [-0.2, -0.15) is 0 Å². The lowest BCUT2D eigenvalue weighted by atomic mass is 9.98. The van der Waals surface area contributed by atoms with Gasteiger partial charge in [-0.3, -0.25) is 14.4 Å². The predicted molar refractivity (Wildman–Crippen MR) is 146 cm³/mol. The van der Waals surface area contributed by atoms with E-state index in [0.29, 0.717) is 26.1 Å². The summed E-state index contributed by atoms with van der Waals surface area (Å²) in [7, 11) is 0. The smallest absolute Gasteiger partial charge is 0.245 e. The van der Waals surface area contributed by atoms with Gasteiger partial charge in [0.1, 0.15) is 18.4 Å². The van der Waals surface area contributed by atoms with Crippen LogP contribution in [0.4, 0.5) is 0 Å². The number of benzene rings is 3. The molecule has 3 N–H and O–H groups in total. The van der Waals surface area contributed by atoms with Gasteiger partial charge in [-0.1, -0.05) is 73.7 Å². The number of nitrogens with two attached hydrogens (primary N) is 1. The van der Waals surface area contributed by atoms with E-state index in [9.17, 15) is 14.4 Å². The summed E-state index contributed by atoms with van der Waals surface area (Å²) in [5.74, 6) is -0.726. The fraction of sp³-hybridized carbons (Fsp3) is 0.290. The van der Waals surface area contributed by atoms with Crippen molar-refractivity contribution >= 4 is 17.7 Å². The minimum atomic E-state index is -0.746. The summed E-state index contributed by atoms with van der Waals surface area (Å²) in [5, 5.41) is 2.87. The Morgan fingerprint density at radius 1 is 0.947 bits per heavy atom. The van der Waals surface area contributed by atoms with Crippen molar-refractivity contribution in [1.82, 2.24) is 10.2 Å². The monoisotopic (exact) mass is 512 g/mol. The van der Waals surface area contributed by atoms with E-state index in [0.717, 1.165) is 28.9 Å². The second-order valence-corrected chi connectivity index (χ2v) is 9.71. The summed E-state index contributed by atoms with van der Waals surface area (Å²) < 4.78 is 5.88. The molecule has 7 nitrogen and oxygen atoms in total. The summed E-state index contributed by atoms with van der Waals surface area (Å²) in [6, 6.07) is 24.9. The van der Waals surface area contributed by atoms with E-state index in [4.69, 9.17) is 10.5 Å². The number of hydrogen-bond donors (Lipinski definition) is 2. The van der Waals surface area contributed by atoms with Crippen LogP contribution in [-0.4, -0.2) is 35.2 Å². The van der Waals surface area contributed by atoms with Gasteiger partial charge in [0.2, 0.25) is 17.7 Å². The van der Waals surface area contributed by atoms with Crippen LogP contribution in [0.25, 0.3) is 0 Å². The van der Waals surface area contributed by atoms with Crippen molar-refractivity contribution in [3.8, 4) is 5.75 Å². The van der Waals surface area contributed by atoms with Crippen molar-refractivity contribution in [2.75, 3.05) is 6.54 Å². The SMILES string of the molecule is CC(C[CH]C(=O)NC(Cc1ccc(OCc2ccccc2)cc1)C(=O)N1CCc2ccccc2C1)C(N)=O. The second-order valence-electron chi connectivity index (χ2n) is 9.71. The largest absolute Gasteiger partial charge is 0.489 e. The Labute approximate surface area is 224 Å². The van der Waals surface area contributed by atoms with E-state index in [2.05, 4.69) is 11.4 Å². The van der Waals surface area contributed by atoms with Gasteiger partial charge in [-0.15, -0.1) is 0 Å². The number of primary amides is 1. The number of hydrogen-bond acceptors (Lipinski definition) is 4. The van der Waals surface area contributed by atoms with E-state index in [1.54, 1.807) is 11.8 Å². The Hall–Kier alpha value is -4.13. The summed E-state index contributed by atoms with van der Waals surface area (Å²) in [6.07, 6.45) is 2.72. The molecule has 3 amide bonds. The van der Waals surface area contributed by atoms with Gasteiger partial charge in [0.25, 0.3) is 0 Å². The number of fused-ring (bicyclic) bond motifs is 1. The molecular weight excluding hydrogens is 478 g/mol. The third-order valence-corrected chi connectivity index (χ3v) is 6.81. The fourth-order valence-electron chi connectivity index (χ4n) is 4.43. The summed E-state index contributed by atoms with van der Waals surface area (Å²) in [4.78, 5) is 39.5. The molecule has 0 fully saturated rings. The number of ether oxygens (including phenoxy) is 1. The number of carbonyl (C=O) groups is 3. The molecule has 197 valence electrons. The topological polar surface area (TPSA) is 102 Å². The van der Waals surface area contributed by atoms with Crippen LogP contribution in [0.3, 0.4) is 0 Å². The molecule has 0 aromatic heterocycles. The molecule has 3 aromatic rings. The normalized spacial score (nSPS) is 14.2. The molecule has 0 saturated carbocycles. The van der Waals surface area contributed by atoms with E-state index in [1.165, 1.54) is 12.0 Å². The van der Waals surface area contributed by atoms with Crippen LogP contribution in [-0.2, 0) is 40.4 Å². The zero-order valence-corrected chi connectivity index (χ0v) is 21.6. The Bertz CT molecular complexity index is 1240. The molecule has 0 saturated heterocycles. The summed E-state index contributed by atoms with van der Waals surface area (Å²) in [5.41, 5.74) is 9.67. The number of rotatable bonds is 11. The lowest BCUT2D eigenvalue weighted by Crippen LogP contribution is -2.51. The van der Waals surface area contributed by atoms with Gasteiger partial charge in [0.15, 0.2) is 0 Å². The Balaban J connectivity index is 1.43. The number of nitrogens with one attached hydrogen (secondary N) is 1. The minimum Gasteiger partial charge on any atom is -0.489 e. The van der Waals surface area contributed by atoms with Crippen molar-refractivity contribution in [3.63, 3.8) is 0 Å². The van der Waals surface area contributed by atoms with Gasteiger partial charge >= 0.3 is 0 Å². The molecule has 1 aliphatic heterocycles. The Morgan fingerprint density at radius 3 is 2.34 bits per heavy atom. The molecule has 2 atom stereocenters. The maximum absolute atomic E-state index is 13.6. The number of carbonyl (C=O) groups excluding carboxylic acids is 3. The molecule has 3 aromatic carbocycles. The Morgan fingerprint density at radius 2 is 1.63 bits per heavy atom. The summed E-state index contributed by atoms with van der Waals surface area (Å²) in [6.45, 7) is 3.24. The van der Waals surface area contributed by atoms with Crippen LogP contribution in [0, 0.1) is 12.3 Å². The van der Waals surface area contributed by atoms with Crippen LogP contribution >= 0.6 is 0 Å². The zero-order chi connectivity index (χ0) is 26.9. The van der Waals surface area contributed by atoms with Crippen LogP contribution in [0.1, 0.15) is 35.6 Å². The van der Waals surface area contributed by atoms with Crippen LogP contribution in [0.15, 0.2) is 78.9 Å². The molecule has 1 heterocycles. The van der Waals surface area contributed by atoms with Crippen LogP contribution in [0.5, 0.6) is 5.75 Å². The first-order valence-corrected chi connectivity index (χ1v) is 12.9. The van der Waals surface area contributed by atoms with Crippen molar-refractivity contribution in [2.45, 2.75) is 45.4 Å². The highest BCUT2D eigenvalue weighted by molar-refractivity contribution is 5.92. The van der Waals surface area contributed by atoms with Crippen molar-refractivity contribution in [1.29, 1.82) is 0 Å². The predicted octanol–water partition coefficient (Wildman–Crippen LogP) is 3.59. The third kappa shape index (κ3) is 7.44. The van der Waals surface area contributed by atoms with Gasteiger partial charge in [0.05, 0.1) is 6.42 Å². The molecule has 1 aliphatic rings. The molecule has 4 rings (SSSR count). The molecule has 38 heavy (non-hydrogen) atoms. The maximum Gasteiger partial charge on any atom is 0.245 e. The lowest BCUT2D eigenvalue weighted by Gasteiger charge is -2.32. The first-order chi connectivity index (χ1) is 18.4. The molecule has 0 aliphatic carbocycles. The average Bonchev–Trinajstić information content (AvgIpc) is 2.95. The molecule has 0 bridgehead atoms. The minimum absolute atomic E-state index is 0.131. The van der Waals surface area contributed by atoms with Gasteiger partial charge in [0, 0.05) is 25.4 Å².